The van der Waals surface area contributed by atoms with Gasteiger partial charge in [-0.1, -0.05) is 71.9 Å². The lowest BCUT2D eigenvalue weighted by atomic mass is 10.2. The van der Waals surface area contributed by atoms with E-state index in [0.717, 1.165) is 11.1 Å². The Balaban J connectivity index is 1.76. The van der Waals surface area contributed by atoms with Crippen LogP contribution in [0.5, 0.6) is 0 Å². The number of fused-ring (bicyclic) bond motifs is 1. The summed E-state index contributed by atoms with van der Waals surface area (Å²) in [7, 11) is 0. The fraction of sp³-hybridized carbons (Fsp3) is 0.100. The van der Waals surface area contributed by atoms with Gasteiger partial charge < -0.3 is 0 Å². The second-order valence-corrected chi connectivity index (χ2v) is 7.23. The van der Waals surface area contributed by atoms with E-state index in [0.29, 0.717) is 28.1 Å². The van der Waals surface area contributed by atoms with Crippen molar-refractivity contribution < 1.29 is 0 Å². The molecule has 0 bridgehead atoms. The van der Waals surface area contributed by atoms with Crippen LogP contribution in [0.3, 0.4) is 0 Å². The Morgan fingerprint density at radius 1 is 0.963 bits per heavy atom. The highest BCUT2D eigenvalue weighted by molar-refractivity contribution is 7.98. The van der Waals surface area contributed by atoms with Crippen molar-refractivity contribution in [2.45, 2.75) is 17.5 Å². The van der Waals surface area contributed by atoms with Crippen LogP contribution in [0.2, 0.25) is 5.02 Å². The summed E-state index contributed by atoms with van der Waals surface area (Å²) in [4.78, 5) is 26.0. The number of thioether (sulfide) groups is 1. The van der Waals surface area contributed by atoms with Crippen molar-refractivity contribution in [2.75, 3.05) is 0 Å². The van der Waals surface area contributed by atoms with Crippen molar-refractivity contribution in [2.24, 2.45) is 0 Å². The van der Waals surface area contributed by atoms with E-state index < -0.39 is 0 Å². The molecule has 27 heavy (non-hydrogen) atoms. The van der Waals surface area contributed by atoms with Crippen LogP contribution in [0, 0.1) is 0 Å². The molecule has 0 aliphatic rings. The van der Waals surface area contributed by atoms with Gasteiger partial charge in [0.2, 0.25) is 0 Å². The Morgan fingerprint density at radius 3 is 2.52 bits per heavy atom. The predicted octanol–water partition coefficient (Wildman–Crippen LogP) is 4.18. The average molecular weight is 395 g/mol. The van der Waals surface area contributed by atoms with Gasteiger partial charge in [0.15, 0.2) is 16.3 Å². The quantitative estimate of drug-likeness (QED) is 0.375. The molecule has 0 fully saturated rings. The minimum atomic E-state index is -0.196. The molecule has 0 atom stereocenters. The van der Waals surface area contributed by atoms with Crippen molar-refractivity contribution in [3.8, 4) is 0 Å². The lowest BCUT2D eigenvalue weighted by Gasteiger charge is -2.13. The molecule has 2 aromatic carbocycles. The molecule has 0 saturated carbocycles. The van der Waals surface area contributed by atoms with Gasteiger partial charge in [-0.15, -0.1) is 0 Å². The highest BCUT2D eigenvalue weighted by Crippen LogP contribution is 2.26. The van der Waals surface area contributed by atoms with E-state index in [9.17, 15) is 4.79 Å². The van der Waals surface area contributed by atoms with Crippen LogP contribution < -0.4 is 5.56 Å². The van der Waals surface area contributed by atoms with E-state index in [4.69, 9.17) is 11.6 Å². The highest BCUT2D eigenvalue weighted by Gasteiger charge is 2.14. The van der Waals surface area contributed by atoms with Gasteiger partial charge in [-0.25, -0.2) is 15.0 Å². The summed E-state index contributed by atoms with van der Waals surface area (Å²) in [6, 6.07) is 17.5. The Bertz CT molecular complexity index is 1150. The van der Waals surface area contributed by atoms with E-state index in [2.05, 4.69) is 15.0 Å². The zero-order chi connectivity index (χ0) is 18.6. The van der Waals surface area contributed by atoms with E-state index >= 15 is 0 Å². The van der Waals surface area contributed by atoms with Gasteiger partial charge in [0.1, 0.15) is 0 Å². The minimum absolute atomic E-state index is 0.196. The highest BCUT2D eigenvalue weighted by atomic mass is 35.5. The maximum Gasteiger partial charge on any atom is 0.282 e. The number of halogens is 1. The molecule has 4 aromatic rings. The molecule has 0 amide bonds. The van der Waals surface area contributed by atoms with Crippen molar-refractivity contribution in [1.82, 2.24) is 19.5 Å². The molecule has 0 unspecified atom stereocenters. The van der Waals surface area contributed by atoms with E-state index in [-0.39, 0.29) is 11.1 Å². The van der Waals surface area contributed by atoms with Gasteiger partial charge >= 0.3 is 0 Å². The summed E-state index contributed by atoms with van der Waals surface area (Å²) in [5, 5.41) is 1.29. The fourth-order valence-electron chi connectivity index (χ4n) is 2.70. The average Bonchev–Trinajstić information content (AvgIpc) is 2.71. The predicted molar refractivity (Wildman–Crippen MR) is 108 cm³/mol. The van der Waals surface area contributed by atoms with Crippen LogP contribution >= 0.6 is 23.4 Å². The molecule has 0 aliphatic carbocycles. The first-order chi connectivity index (χ1) is 13.2. The molecule has 7 heteroatoms. The molecular weight excluding hydrogens is 380 g/mol. The Morgan fingerprint density at radius 2 is 1.70 bits per heavy atom. The zero-order valence-corrected chi connectivity index (χ0v) is 15.8. The van der Waals surface area contributed by atoms with Crippen LogP contribution in [-0.4, -0.2) is 19.5 Å². The summed E-state index contributed by atoms with van der Waals surface area (Å²) in [5.41, 5.74) is 2.44. The number of hydrogen-bond donors (Lipinski definition) is 0. The zero-order valence-electron chi connectivity index (χ0n) is 14.2. The van der Waals surface area contributed by atoms with Gasteiger partial charge in [-0.2, -0.15) is 0 Å². The SMILES string of the molecule is O=c1c2nccnc2nc(SCc2ccccc2Cl)n1Cc1ccccc1. The molecule has 2 aromatic heterocycles. The minimum Gasteiger partial charge on any atom is -0.281 e. The first kappa shape index (κ1) is 17.7. The van der Waals surface area contributed by atoms with Gasteiger partial charge in [0, 0.05) is 23.2 Å². The number of hydrogen-bond acceptors (Lipinski definition) is 5. The number of nitrogens with zero attached hydrogens (tertiary/aromatic N) is 4. The van der Waals surface area contributed by atoms with Crippen LogP contribution in [-0.2, 0) is 12.3 Å². The van der Waals surface area contributed by atoms with Crippen LogP contribution in [0.15, 0.2) is 76.9 Å². The van der Waals surface area contributed by atoms with E-state index in [1.54, 1.807) is 10.8 Å². The normalized spacial score (nSPS) is 11.0. The maximum atomic E-state index is 13.0. The van der Waals surface area contributed by atoms with E-state index in [1.165, 1.54) is 18.0 Å². The molecule has 134 valence electrons. The van der Waals surface area contributed by atoms with Crippen molar-refractivity contribution >= 4 is 34.5 Å². The Hall–Kier alpha value is -2.70. The third kappa shape index (κ3) is 3.86. The standard InChI is InChI=1S/C20H15ClN4OS/c21-16-9-5-4-8-15(16)13-27-20-24-18-17(22-10-11-23-18)19(26)25(20)12-14-6-2-1-3-7-14/h1-11H,12-13H2. The first-order valence-electron chi connectivity index (χ1n) is 8.34. The third-order valence-electron chi connectivity index (χ3n) is 4.06. The third-order valence-corrected chi connectivity index (χ3v) is 5.45. The number of rotatable bonds is 5. The van der Waals surface area contributed by atoms with Gasteiger partial charge in [-0.3, -0.25) is 9.36 Å². The largest absolute Gasteiger partial charge is 0.282 e. The van der Waals surface area contributed by atoms with Crippen molar-refractivity contribution in [3.05, 3.63) is 93.5 Å². The topological polar surface area (TPSA) is 60.7 Å². The summed E-state index contributed by atoms with van der Waals surface area (Å²) < 4.78 is 1.65. The summed E-state index contributed by atoms with van der Waals surface area (Å²) >= 11 is 7.72. The van der Waals surface area contributed by atoms with E-state index in [1.807, 2.05) is 54.6 Å². The maximum absolute atomic E-state index is 13.0. The number of benzene rings is 2. The lowest BCUT2D eigenvalue weighted by molar-refractivity contribution is 0.654. The molecule has 0 saturated heterocycles. The van der Waals surface area contributed by atoms with Crippen LogP contribution in [0.1, 0.15) is 11.1 Å². The Kier molecular flexibility index (Phi) is 5.18. The lowest BCUT2D eigenvalue weighted by Crippen LogP contribution is -2.25. The molecule has 4 rings (SSSR count). The second-order valence-electron chi connectivity index (χ2n) is 5.88. The van der Waals surface area contributed by atoms with Crippen molar-refractivity contribution in [1.29, 1.82) is 0 Å². The van der Waals surface area contributed by atoms with Crippen molar-refractivity contribution in [3.63, 3.8) is 0 Å². The molecule has 0 spiro atoms. The summed E-state index contributed by atoms with van der Waals surface area (Å²) in [6.07, 6.45) is 3.05. The molecule has 0 radical (unpaired) electrons. The molecule has 5 nitrogen and oxygen atoms in total. The first-order valence-corrected chi connectivity index (χ1v) is 9.70. The fourth-order valence-corrected chi connectivity index (χ4v) is 3.97. The second kappa shape index (κ2) is 7.90. The molecule has 0 aliphatic heterocycles. The van der Waals surface area contributed by atoms with Gasteiger partial charge in [-0.05, 0) is 17.2 Å². The van der Waals surface area contributed by atoms with Gasteiger partial charge in [0.25, 0.3) is 5.56 Å². The molecule has 0 N–H and O–H groups in total. The summed E-state index contributed by atoms with van der Waals surface area (Å²) in [5.74, 6) is 0.604. The monoisotopic (exact) mass is 394 g/mol. The summed E-state index contributed by atoms with van der Waals surface area (Å²) in [6.45, 7) is 0.421. The van der Waals surface area contributed by atoms with Crippen LogP contribution in [0.25, 0.3) is 11.2 Å². The number of aromatic nitrogens is 4. The molecule has 2 heterocycles. The Labute approximate surface area is 165 Å². The van der Waals surface area contributed by atoms with Crippen LogP contribution in [0.4, 0.5) is 0 Å². The molecular formula is C20H15ClN4OS. The van der Waals surface area contributed by atoms with Gasteiger partial charge in [0.05, 0.1) is 6.54 Å². The smallest absolute Gasteiger partial charge is 0.281 e.